The number of nitrogens with zero attached hydrogens (tertiary/aromatic N) is 3. The standard InChI is InChI=1S/C16H15ClFN3O/c1-8(2)12-9(3)19-15-13(18)14(20-21(15)16(12)22)10-4-6-11(17)7-5-10/h4-8,22H,1-3H3. The van der Waals surface area contributed by atoms with Gasteiger partial charge in [-0.25, -0.2) is 9.37 Å². The van der Waals surface area contributed by atoms with E-state index in [2.05, 4.69) is 10.1 Å². The van der Waals surface area contributed by atoms with Gasteiger partial charge in [-0.1, -0.05) is 37.6 Å². The van der Waals surface area contributed by atoms with E-state index < -0.39 is 5.82 Å². The van der Waals surface area contributed by atoms with Crippen LogP contribution in [0.25, 0.3) is 16.9 Å². The van der Waals surface area contributed by atoms with Gasteiger partial charge in [-0.05, 0) is 25.0 Å². The highest BCUT2D eigenvalue weighted by Gasteiger charge is 2.22. The van der Waals surface area contributed by atoms with Crippen LogP contribution in [-0.4, -0.2) is 19.7 Å². The maximum Gasteiger partial charge on any atom is 0.219 e. The van der Waals surface area contributed by atoms with Crippen molar-refractivity contribution in [3.05, 3.63) is 46.4 Å². The van der Waals surface area contributed by atoms with Crippen molar-refractivity contribution in [1.82, 2.24) is 14.6 Å². The highest BCUT2D eigenvalue weighted by atomic mass is 35.5. The van der Waals surface area contributed by atoms with Crippen molar-refractivity contribution < 1.29 is 9.50 Å². The van der Waals surface area contributed by atoms with E-state index in [9.17, 15) is 9.50 Å². The third-order valence-corrected chi connectivity index (χ3v) is 3.86. The molecule has 6 heteroatoms. The molecule has 2 heterocycles. The summed E-state index contributed by atoms with van der Waals surface area (Å²) in [7, 11) is 0. The Morgan fingerprint density at radius 2 is 1.86 bits per heavy atom. The molecule has 0 amide bonds. The van der Waals surface area contributed by atoms with E-state index in [1.165, 1.54) is 0 Å². The lowest BCUT2D eigenvalue weighted by atomic mass is 10.0. The van der Waals surface area contributed by atoms with Crippen LogP contribution in [0.3, 0.4) is 0 Å². The van der Waals surface area contributed by atoms with Gasteiger partial charge in [0.2, 0.25) is 5.88 Å². The number of aryl methyl sites for hydroxylation is 1. The molecule has 22 heavy (non-hydrogen) atoms. The summed E-state index contributed by atoms with van der Waals surface area (Å²) in [6.45, 7) is 5.63. The van der Waals surface area contributed by atoms with E-state index in [0.29, 0.717) is 21.8 Å². The van der Waals surface area contributed by atoms with Gasteiger partial charge in [0.15, 0.2) is 11.5 Å². The first-order valence-electron chi connectivity index (χ1n) is 6.93. The molecule has 0 atom stereocenters. The van der Waals surface area contributed by atoms with Crippen LogP contribution in [0.1, 0.15) is 31.0 Å². The van der Waals surface area contributed by atoms with Gasteiger partial charge in [0.25, 0.3) is 0 Å². The Labute approximate surface area is 132 Å². The SMILES string of the molecule is Cc1nc2c(F)c(-c3ccc(Cl)cc3)nn2c(O)c1C(C)C. The van der Waals surface area contributed by atoms with Crippen LogP contribution in [0.5, 0.6) is 5.88 Å². The van der Waals surface area contributed by atoms with Gasteiger partial charge in [-0.2, -0.15) is 9.61 Å². The van der Waals surface area contributed by atoms with Crippen LogP contribution in [0, 0.1) is 12.7 Å². The second-order valence-corrected chi connectivity index (χ2v) is 5.93. The lowest BCUT2D eigenvalue weighted by molar-refractivity contribution is 0.423. The maximum atomic E-state index is 14.6. The Morgan fingerprint density at radius 3 is 2.45 bits per heavy atom. The molecular formula is C16H15ClFN3O. The quantitative estimate of drug-likeness (QED) is 0.765. The molecule has 4 nitrogen and oxygen atoms in total. The van der Waals surface area contributed by atoms with Crippen LogP contribution in [0.15, 0.2) is 24.3 Å². The molecule has 0 fully saturated rings. The molecule has 2 aromatic heterocycles. The molecule has 0 saturated carbocycles. The van der Waals surface area contributed by atoms with Gasteiger partial charge in [0, 0.05) is 21.8 Å². The number of benzene rings is 1. The predicted octanol–water partition coefficient (Wildman–Crippen LogP) is 4.33. The Hall–Kier alpha value is -2.14. The number of hydrogen-bond donors (Lipinski definition) is 1. The van der Waals surface area contributed by atoms with E-state index in [4.69, 9.17) is 11.6 Å². The molecule has 3 aromatic rings. The van der Waals surface area contributed by atoms with Crippen molar-refractivity contribution in [1.29, 1.82) is 0 Å². The van der Waals surface area contributed by atoms with Gasteiger partial charge in [-0.15, -0.1) is 0 Å². The average molecular weight is 320 g/mol. The first kappa shape index (κ1) is 14.8. The summed E-state index contributed by atoms with van der Waals surface area (Å²) in [5.41, 5.74) is 2.00. The number of aromatic hydroxyl groups is 1. The van der Waals surface area contributed by atoms with Crippen LogP contribution in [-0.2, 0) is 0 Å². The highest BCUT2D eigenvalue weighted by molar-refractivity contribution is 6.30. The molecule has 0 unspecified atom stereocenters. The number of halogens is 2. The minimum absolute atomic E-state index is 0.0179. The zero-order valence-electron chi connectivity index (χ0n) is 12.4. The fourth-order valence-electron chi connectivity index (χ4n) is 2.60. The fourth-order valence-corrected chi connectivity index (χ4v) is 2.72. The highest BCUT2D eigenvalue weighted by Crippen LogP contribution is 2.32. The monoisotopic (exact) mass is 319 g/mol. The van der Waals surface area contributed by atoms with Crippen LogP contribution < -0.4 is 0 Å². The zero-order chi connectivity index (χ0) is 16.0. The summed E-state index contributed by atoms with van der Waals surface area (Å²) in [6, 6.07) is 6.69. The van der Waals surface area contributed by atoms with Gasteiger partial charge in [-0.3, -0.25) is 0 Å². The first-order valence-corrected chi connectivity index (χ1v) is 7.31. The van der Waals surface area contributed by atoms with E-state index in [0.717, 1.165) is 4.52 Å². The van der Waals surface area contributed by atoms with E-state index in [1.807, 2.05) is 13.8 Å². The molecule has 1 N–H and O–H groups in total. The van der Waals surface area contributed by atoms with Gasteiger partial charge < -0.3 is 5.11 Å². The predicted molar refractivity (Wildman–Crippen MR) is 83.9 cm³/mol. The van der Waals surface area contributed by atoms with E-state index >= 15 is 0 Å². The summed E-state index contributed by atoms with van der Waals surface area (Å²) < 4.78 is 15.8. The van der Waals surface area contributed by atoms with Crippen LogP contribution in [0.4, 0.5) is 4.39 Å². The van der Waals surface area contributed by atoms with E-state index in [1.54, 1.807) is 31.2 Å². The van der Waals surface area contributed by atoms with Crippen LogP contribution in [0.2, 0.25) is 5.02 Å². The second-order valence-electron chi connectivity index (χ2n) is 5.49. The van der Waals surface area contributed by atoms with Gasteiger partial charge in [0.1, 0.15) is 5.69 Å². The summed E-state index contributed by atoms with van der Waals surface area (Å²) in [5.74, 6) is -0.573. The molecule has 0 spiro atoms. The molecule has 114 valence electrons. The molecule has 0 bridgehead atoms. The van der Waals surface area contributed by atoms with Gasteiger partial charge >= 0.3 is 0 Å². The second kappa shape index (κ2) is 5.25. The molecule has 0 radical (unpaired) electrons. The number of aromatic nitrogens is 3. The summed E-state index contributed by atoms with van der Waals surface area (Å²) in [6.07, 6.45) is 0. The minimum Gasteiger partial charge on any atom is -0.493 e. The third-order valence-electron chi connectivity index (χ3n) is 3.60. The molecule has 0 aliphatic rings. The maximum absolute atomic E-state index is 14.6. The lowest BCUT2D eigenvalue weighted by Gasteiger charge is -2.11. The molecule has 1 aromatic carbocycles. The average Bonchev–Trinajstić information content (AvgIpc) is 2.77. The Morgan fingerprint density at radius 1 is 1.23 bits per heavy atom. The van der Waals surface area contributed by atoms with Crippen molar-refractivity contribution in [2.24, 2.45) is 0 Å². The molecule has 0 saturated heterocycles. The molecule has 0 aliphatic carbocycles. The zero-order valence-corrected chi connectivity index (χ0v) is 13.2. The Bertz CT molecular complexity index is 856. The van der Waals surface area contributed by atoms with Gasteiger partial charge in [0.05, 0.1) is 0 Å². The van der Waals surface area contributed by atoms with Crippen molar-refractivity contribution >= 4 is 17.2 Å². The number of hydrogen-bond acceptors (Lipinski definition) is 3. The van der Waals surface area contributed by atoms with E-state index in [-0.39, 0.29) is 23.1 Å². The number of rotatable bonds is 2. The Kier molecular flexibility index (Phi) is 3.53. The summed E-state index contributed by atoms with van der Waals surface area (Å²) in [4.78, 5) is 4.26. The minimum atomic E-state index is -0.559. The molecule has 3 rings (SSSR count). The summed E-state index contributed by atoms with van der Waals surface area (Å²) in [5, 5.41) is 15.1. The topological polar surface area (TPSA) is 50.4 Å². The molecule has 0 aliphatic heterocycles. The third kappa shape index (κ3) is 2.22. The molecular weight excluding hydrogens is 305 g/mol. The fraction of sp³-hybridized carbons (Fsp3) is 0.250. The van der Waals surface area contributed by atoms with Crippen molar-refractivity contribution in [2.45, 2.75) is 26.7 Å². The summed E-state index contributed by atoms with van der Waals surface area (Å²) >= 11 is 5.85. The van der Waals surface area contributed by atoms with Crippen LogP contribution >= 0.6 is 11.6 Å². The lowest BCUT2D eigenvalue weighted by Crippen LogP contribution is -2.03. The number of fused-ring (bicyclic) bond motifs is 1. The first-order chi connectivity index (χ1) is 10.4. The van der Waals surface area contributed by atoms with Crippen molar-refractivity contribution in [3.8, 4) is 17.1 Å². The smallest absolute Gasteiger partial charge is 0.219 e. The van der Waals surface area contributed by atoms with Crippen molar-refractivity contribution in [3.63, 3.8) is 0 Å². The Balaban J connectivity index is 2.29. The normalized spacial score (nSPS) is 11.5. The largest absolute Gasteiger partial charge is 0.493 e. The van der Waals surface area contributed by atoms with Crippen molar-refractivity contribution in [2.75, 3.05) is 0 Å².